The number of nitrogens with one attached hydrogen (secondary N) is 1. The Bertz CT molecular complexity index is 976. The molecule has 2 aromatic carbocycles. The number of ether oxygens (including phenoxy) is 1. The number of halogens is 2. The fraction of sp³-hybridized carbons (Fsp3) is 0.111. The molecule has 1 aromatic heterocycles. The average Bonchev–Trinajstić information content (AvgIpc) is 2.95. The number of hydrogen-bond donors (Lipinski definition) is 1. The lowest BCUT2D eigenvalue weighted by atomic mass is 10.1. The van der Waals surface area contributed by atoms with Crippen LogP contribution in [0, 0.1) is 18.3 Å². The smallest absolute Gasteiger partial charge is 0.149 e. The average molecular weight is 447 g/mol. The summed E-state index contributed by atoms with van der Waals surface area (Å²) in [6.45, 7) is 2.02. The number of imidazole rings is 1. The molecule has 0 atom stereocenters. The standard InChI is InChI=1S/C18H13Br2N3O/c1-10-3-4-15-16(5-10)23-18(22-15)12(9-21)6-11-7-13(19)17(24-2)14(20)8-11/h3-8H,1-2H3,(H,22,23)/b12-6-. The molecule has 3 aromatic rings. The number of fused-ring (bicyclic) bond motifs is 1. The number of methoxy groups -OCH3 is 1. The third-order valence-corrected chi connectivity index (χ3v) is 4.73. The van der Waals surface area contributed by atoms with Crippen LogP contribution in [0.4, 0.5) is 0 Å². The first-order chi connectivity index (χ1) is 11.5. The van der Waals surface area contributed by atoms with Gasteiger partial charge in [-0.25, -0.2) is 4.98 Å². The van der Waals surface area contributed by atoms with Gasteiger partial charge in [0.1, 0.15) is 17.6 Å². The monoisotopic (exact) mass is 445 g/mol. The van der Waals surface area contributed by atoms with Crippen LogP contribution < -0.4 is 4.74 Å². The lowest BCUT2D eigenvalue weighted by Gasteiger charge is -2.07. The lowest BCUT2D eigenvalue weighted by molar-refractivity contribution is 0.409. The van der Waals surface area contributed by atoms with Crippen molar-refractivity contribution in [2.45, 2.75) is 6.92 Å². The second-order valence-corrected chi connectivity index (χ2v) is 7.00. The number of aromatic nitrogens is 2. The Balaban J connectivity index is 2.07. The minimum Gasteiger partial charge on any atom is -0.494 e. The molecule has 0 spiro atoms. The summed E-state index contributed by atoms with van der Waals surface area (Å²) in [4.78, 5) is 7.71. The predicted octanol–water partition coefficient (Wildman–Crippen LogP) is 5.47. The summed E-state index contributed by atoms with van der Waals surface area (Å²) in [7, 11) is 1.61. The van der Waals surface area contributed by atoms with E-state index in [9.17, 15) is 5.26 Å². The number of rotatable bonds is 3. The summed E-state index contributed by atoms with van der Waals surface area (Å²) < 4.78 is 6.92. The first-order valence-electron chi connectivity index (χ1n) is 7.13. The third kappa shape index (κ3) is 3.23. The van der Waals surface area contributed by atoms with Gasteiger partial charge in [0, 0.05) is 0 Å². The fourth-order valence-electron chi connectivity index (χ4n) is 2.43. The Morgan fingerprint density at radius 2 is 1.96 bits per heavy atom. The van der Waals surface area contributed by atoms with E-state index >= 15 is 0 Å². The highest BCUT2D eigenvalue weighted by atomic mass is 79.9. The molecule has 3 rings (SSSR count). The number of nitrogens with zero attached hydrogens (tertiary/aromatic N) is 2. The van der Waals surface area contributed by atoms with Crippen LogP contribution in [0.25, 0.3) is 22.7 Å². The van der Waals surface area contributed by atoms with Crippen molar-refractivity contribution in [1.29, 1.82) is 5.26 Å². The van der Waals surface area contributed by atoms with Crippen LogP contribution >= 0.6 is 31.9 Å². The van der Waals surface area contributed by atoms with Gasteiger partial charge in [0.2, 0.25) is 0 Å². The molecule has 120 valence electrons. The molecule has 4 nitrogen and oxygen atoms in total. The molecule has 0 saturated carbocycles. The normalized spacial score (nSPS) is 11.5. The molecular formula is C18H13Br2N3O. The number of hydrogen-bond acceptors (Lipinski definition) is 3. The molecule has 0 aliphatic heterocycles. The van der Waals surface area contributed by atoms with E-state index in [1.54, 1.807) is 13.2 Å². The zero-order chi connectivity index (χ0) is 17.3. The highest BCUT2D eigenvalue weighted by Crippen LogP contribution is 2.35. The molecule has 0 unspecified atom stereocenters. The van der Waals surface area contributed by atoms with E-state index in [-0.39, 0.29) is 0 Å². The van der Waals surface area contributed by atoms with Gasteiger partial charge in [-0.1, -0.05) is 6.07 Å². The minimum atomic E-state index is 0.466. The maximum Gasteiger partial charge on any atom is 0.149 e. The van der Waals surface area contributed by atoms with Crippen LogP contribution in [0.3, 0.4) is 0 Å². The summed E-state index contributed by atoms with van der Waals surface area (Å²) >= 11 is 6.94. The number of allylic oxidation sites excluding steroid dienone is 1. The first-order valence-corrected chi connectivity index (χ1v) is 8.72. The summed E-state index contributed by atoms with van der Waals surface area (Å²) in [5.74, 6) is 1.27. The molecular weight excluding hydrogens is 434 g/mol. The van der Waals surface area contributed by atoms with Crippen LogP contribution in [-0.4, -0.2) is 17.1 Å². The topological polar surface area (TPSA) is 61.7 Å². The Labute approximate surface area is 156 Å². The SMILES string of the molecule is COc1c(Br)cc(/C=C(/C#N)c2nc3ccc(C)cc3[nH]2)cc1Br. The summed E-state index contributed by atoms with van der Waals surface area (Å²) in [6.07, 6.45) is 1.79. The molecule has 1 heterocycles. The molecule has 0 aliphatic carbocycles. The maximum absolute atomic E-state index is 9.53. The van der Waals surface area contributed by atoms with Gasteiger partial charge in [-0.2, -0.15) is 5.26 Å². The van der Waals surface area contributed by atoms with Gasteiger partial charge in [0.25, 0.3) is 0 Å². The Hall–Kier alpha value is -2.10. The van der Waals surface area contributed by atoms with E-state index in [4.69, 9.17) is 4.74 Å². The molecule has 6 heteroatoms. The quantitative estimate of drug-likeness (QED) is 0.542. The molecule has 0 amide bonds. The van der Waals surface area contributed by atoms with E-state index < -0.39 is 0 Å². The Morgan fingerprint density at radius 3 is 2.58 bits per heavy atom. The van der Waals surface area contributed by atoms with Crippen molar-refractivity contribution in [3.05, 3.63) is 56.2 Å². The van der Waals surface area contributed by atoms with Crippen molar-refractivity contribution in [3.63, 3.8) is 0 Å². The molecule has 0 saturated heterocycles. The molecule has 1 N–H and O–H groups in total. The summed E-state index contributed by atoms with van der Waals surface area (Å²) in [5, 5.41) is 9.53. The lowest BCUT2D eigenvalue weighted by Crippen LogP contribution is -1.89. The number of benzene rings is 2. The molecule has 0 bridgehead atoms. The largest absolute Gasteiger partial charge is 0.494 e. The first kappa shape index (κ1) is 16.7. The van der Waals surface area contributed by atoms with E-state index in [0.717, 1.165) is 31.1 Å². The number of aryl methyl sites for hydroxylation is 1. The third-order valence-electron chi connectivity index (χ3n) is 3.55. The number of H-pyrrole nitrogens is 1. The summed E-state index contributed by atoms with van der Waals surface area (Å²) in [6, 6.07) is 12.0. The van der Waals surface area contributed by atoms with Crippen LogP contribution in [0.15, 0.2) is 39.3 Å². The molecule has 0 fully saturated rings. The molecule has 0 radical (unpaired) electrons. The highest BCUT2D eigenvalue weighted by molar-refractivity contribution is 9.11. The Kier molecular flexibility index (Phi) is 4.74. The van der Waals surface area contributed by atoms with Gasteiger partial charge in [0.15, 0.2) is 0 Å². The van der Waals surface area contributed by atoms with Crippen molar-refractivity contribution < 1.29 is 4.74 Å². The van der Waals surface area contributed by atoms with Crippen LogP contribution in [0.2, 0.25) is 0 Å². The van der Waals surface area contributed by atoms with E-state index in [0.29, 0.717) is 17.1 Å². The van der Waals surface area contributed by atoms with Crippen molar-refractivity contribution in [2.75, 3.05) is 7.11 Å². The zero-order valence-corrected chi connectivity index (χ0v) is 16.2. The van der Waals surface area contributed by atoms with Gasteiger partial charge in [-0.3, -0.25) is 0 Å². The van der Waals surface area contributed by atoms with Gasteiger partial charge in [-0.15, -0.1) is 0 Å². The van der Waals surface area contributed by atoms with Crippen molar-refractivity contribution in [1.82, 2.24) is 9.97 Å². The van der Waals surface area contributed by atoms with Gasteiger partial charge in [0.05, 0.1) is 32.7 Å². The number of nitriles is 1. The Morgan fingerprint density at radius 1 is 1.25 bits per heavy atom. The van der Waals surface area contributed by atoms with Crippen molar-refractivity contribution in [2.24, 2.45) is 0 Å². The molecule has 24 heavy (non-hydrogen) atoms. The second-order valence-electron chi connectivity index (χ2n) is 5.29. The minimum absolute atomic E-state index is 0.466. The van der Waals surface area contributed by atoms with Crippen LogP contribution in [-0.2, 0) is 0 Å². The fourth-order valence-corrected chi connectivity index (χ4v) is 3.97. The van der Waals surface area contributed by atoms with E-state index in [1.165, 1.54) is 0 Å². The van der Waals surface area contributed by atoms with Crippen molar-refractivity contribution >= 4 is 54.5 Å². The molecule has 0 aliphatic rings. The highest BCUT2D eigenvalue weighted by Gasteiger charge is 2.11. The van der Waals surface area contributed by atoms with Crippen LogP contribution in [0.1, 0.15) is 17.0 Å². The van der Waals surface area contributed by atoms with E-state index in [1.807, 2.05) is 37.3 Å². The van der Waals surface area contributed by atoms with Crippen molar-refractivity contribution in [3.8, 4) is 11.8 Å². The number of aromatic amines is 1. The maximum atomic E-state index is 9.53. The van der Waals surface area contributed by atoms with Crippen LogP contribution in [0.5, 0.6) is 5.75 Å². The zero-order valence-electron chi connectivity index (χ0n) is 13.0. The van der Waals surface area contributed by atoms with Gasteiger partial charge < -0.3 is 9.72 Å². The predicted molar refractivity (Wildman–Crippen MR) is 103 cm³/mol. The van der Waals surface area contributed by atoms with Gasteiger partial charge >= 0.3 is 0 Å². The van der Waals surface area contributed by atoms with Gasteiger partial charge in [-0.05, 0) is 80.3 Å². The van der Waals surface area contributed by atoms with E-state index in [2.05, 4.69) is 47.9 Å². The summed E-state index contributed by atoms with van der Waals surface area (Å²) in [5.41, 5.74) is 4.23. The second kappa shape index (κ2) is 6.80.